The average Bonchev–Trinajstić information content (AvgIpc) is 3.37. The molecule has 200 valence electrons. The Labute approximate surface area is 225 Å². The highest BCUT2D eigenvalue weighted by Gasteiger charge is 2.39. The molecule has 13 heteroatoms. The number of alkyl halides is 6. The quantitative estimate of drug-likeness (QED) is 0.164. The number of halogens is 7. The Morgan fingerprint density at radius 2 is 0.902 bits per heavy atom. The van der Waals surface area contributed by atoms with E-state index in [4.69, 9.17) is 0 Å². The Kier molecular flexibility index (Phi) is 5.98. The fourth-order valence-electron chi connectivity index (χ4n) is 4.96. The van der Waals surface area contributed by atoms with E-state index in [0.717, 1.165) is 36.4 Å². The summed E-state index contributed by atoms with van der Waals surface area (Å²) in [6, 6.07) is 13.5. The van der Waals surface area contributed by atoms with Crippen LogP contribution in [0.1, 0.15) is 22.3 Å². The molecule has 3 aromatic rings. The Bertz CT molecular complexity index is 1760. The zero-order valence-electron chi connectivity index (χ0n) is 19.8. The van der Waals surface area contributed by atoms with Crippen LogP contribution < -0.4 is 9.47 Å². The van der Waals surface area contributed by atoms with Gasteiger partial charge in [-0.25, -0.2) is 4.39 Å². The van der Waals surface area contributed by atoms with Gasteiger partial charge >= 0.3 is 12.7 Å². The molecule has 0 N–H and O–H groups in total. The Morgan fingerprint density at radius 1 is 0.537 bits per heavy atom. The number of hydrogen-bond donors (Lipinski definition) is 0. The number of nitrogens with zero attached hydrogens (tertiary/aromatic N) is 4. The van der Waals surface area contributed by atoms with E-state index in [9.17, 15) is 47.4 Å². The van der Waals surface area contributed by atoms with Crippen LogP contribution in [-0.4, -0.2) is 12.7 Å². The van der Waals surface area contributed by atoms with Crippen molar-refractivity contribution in [3.05, 3.63) is 81.7 Å². The molecule has 0 radical (unpaired) electrons. The summed E-state index contributed by atoms with van der Waals surface area (Å²) < 4.78 is 102. The van der Waals surface area contributed by atoms with Gasteiger partial charge in [0.05, 0.1) is 0 Å². The van der Waals surface area contributed by atoms with Crippen molar-refractivity contribution in [2.75, 3.05) is 0 Å². The van der Waals surface area contributed by atoms with Crippen LogP contribution in [0.15, 0.2) is 53.6 Å². The van der Waals surface area contributed by atoms with Crippen LogP contribution in [0.4, 0.5) is 30.7 Å². The SMILES string of the molecule is N#CC(C#N)=C1c2cc(OC(F)(F)F)ccc2-c2c1cc1c(c2F)-c2ccc(OC(F)(F)F)cc2C1=C(C#N)C#N. The molecule has 0 aromatic heterocycles. The van der Waals surface area contributed by atoms with Crippen LogP contribution in [0.2, 0.25) is 0 Å². The van der Waals surface area contributed by atoms with Crippen LogP contribution in [0, 0.1) is 51.1 Å². The van der Waals surface area contributed by atoms with Crippen LogP contribution in [-0.2, 0) is 0 Å². The van der Waals surface area contributed by atoms with Crippen molar-refractivity contribution < 1.29 is 40.2 Å². The highest BCUT2D eigenvalue weighted by atomic mass is 19.4. The van der Waals surface area contributed by atoms with E-state index in [1.807, 2.05) is 0 Å². The number of benzene rings is 3. The summed E-state index contributed by atoms with van der Waals surface area (Å²) >= 11 is 0. The maximum absolute atomic E-state index is 16.5. The maximum atomic E-state index is 16.5. The summed E-state index contributed by atoms with van der Waals surface area (Å²) in [5.74, 6) is -2.42. The molecular weight excluding hydrogens is 557 g/mol. The lowest BCUT2D eigenvalue weighted by molar-refractivity contribution is -0.275. The highest BCUT2D eigenvalue weighted by Crippen LogP contribution is 2.56. The number of ether oxygens (including phenoxy) is 2. The third-order valence-corrected chi connectivity index (χ3v) is 6.28. The molecule has 3 aromatic carbocycles. The molecule has 0 unspecified atom stereocenters. The second kappa shape index (κ2) is 9.15. The minimum Gasteiger partial charge on any atom is -0.406 e. The van der Waals surface area contributed by atoms with Gasteiger partial charge in [0.15, 0.2) is 0 Å². The van der Waals surface area contributed by atoms with Crippen molar-refractivity contribution in [3.63, 3.8) is 0 Å². The standard InChI is InChI=1S/C28H7F7N4O2/c29-26-24-16-3-1-14(40-27(30,31)32)5-18(16)22(12(8-36)9-37)20(24)7-21-23(13(10-38)11-39)19-6-15(41-28(33,34)35)2-4-17(19)25(21)26/h1-7H. The van der Waals surface area contributed by atoms with Gasteiger partial charge in [-0.15, -0.1) is 26.3 Å². The normalized spacial score (nSPS) is 12.6. The van der Waals surface area contributed by atoms with E-state index in [1.54, 1.807) is 24.3 Å². The molecule has 6 nitrogen and oxygen atoms in total. The largest absolute Gasteiger partial charge is 0.573 e. The topological polar surface area (TPSA) is 114 Å². The van der Waals surface area contributed by atoms with Crippen molar-refractivity contribution >= 4 is 11.1 Å². The molecule has 0 bridgehead atoms. The summed E-state index contributed by atoms with van der Waals surface area (Å²) in [4.78, 5) is 0. The van der Waals surface area contributed by atoms with E-state index in [1.165, 1.54) is 6.07 Å². The lowest BCUT2D eigenvalue weighted by atomic mass is 9.92. The van der Waals surface area contributed by atoms with Crippen molar-refractivity contribution in [1.29, 1.82) is 21.0 Å². The molecule has 2 aliphatic carbocycles. The molecule has 0 spiro atoms. The van der Waals surface area contributed by atoms with Crippen LogP contribution in [0.25, 0.3) is 33.4 Å². The smallest absolute Gasteiger partial charge is 0.406 e. The fraction of sp³-hybridized carbons (Fsp3) is 0.0714. The summed E-state index contributed by atoms with van der Waals surface area (Å²) in [5, 5.41) is 38.4. The van der Waals surface area contributed by atoms with Gasteiger partial charge in [0.1, 0.15) is 52.7 Å². The Morgan fingerprint density at radius 3 is 1.22 bits per heavy atom. The van der Waals surface area contributed by atoms with E-state index >= 15 is 4.39 Å². The van der Waals surface area contributed by atoms with E-state index < -0.39 is 41.2 Å². The summed E-state index contributed by atoms with van der Waals surface area (Å²) in [6.07, 6.45) is -10.2. The van der Waals surface area contributed by atoms with Gasteiger partial charge in [0.2, 0.25) is 0 Å². The van der Waals surface area contributed by atoms with Crippen molar-refractivity contribution in [3.8, 4) is 58.0 Å². The zero-order valence-corrected chi connectivity index (χ0v) is 19.8. The van der Waals surface area contributed by atoms with Crippen LogP contribution in [0.3, 0.4) is 0 Å². The second-order valence-corrected chi connectivity index (χ2v) is 8.49. The predicted octanol–water partition coefficient (Wildman–Crippen LogP) is 7.28. The molecule has 0 amide bonds. The molecule has 0 saturated carbocycles. The van der Waals surface area contributed by atoms with Crippen molar-refractivity contribution in [2.45, 2.75) is 12.7 Å². The average molecular weight is 564 g/mol. The van der Waals surface area contributed by atoms with Crippen LogP contribution >= 0.6 is 0 Å². The molecule has 5 rings (SSSR count). The van der Waals surface area contributed by atoms with E-state index in [2.05, 4.69) is 9.47 Å². The second-order valence-electron chi connectivity index (χ2n) is 8.49. The molecule has 0 fully saturated rings. The first-order chi connectivity index (χ1) is 19.3. The number of nitriles is 4. The maximum Gasteiger partial charge on any atom is 0.573 e. The van der Waals surface area contributed by atoms with Gasteiger partial charge in [-0.1, -0.05) is 0 Å². The summed E-state index contributed by atoms with van der Waals surface area (Å²) in [5.41, 5.74) is -2.55. The van der Waals surface area contributed by atoms with Gasteiger partial charge in [-0.3, -0.25) is 0 Å². The van der Waals surface area contributed by atoms with Gasteiger partial charge in [0.25, 0.3) is 0 Å². The Hall–Kier alpha value is -5.79. The third kappa shape index (κ3) is 4.36. The zero-order chi connectivity index (χ0) is 29.9. The molecule has 0 atom stereocenters. The first-order valence-corrected chi connectivity index (χ1v) is 11.1. The first kappa shape index (κ1) is 26.8. The lowest BCUT2D eigenvalue weighted by Crippen LogP contribution is -2.17. The Balaban J connectivity index is 1.86. The van der Waals surface area contributed by atoms with Crippen LogP contribution in [0.5, 0.6) is 11.5 Å². The molecule has 0 heterocycles. The lowest BCUT2D eigenvalue weighted by Gasteiger charge is -2.11. The number of rotatable bonds is 2. The van der Waals surface area contributed by atoms with Gasteiger partial charge in [0, 0.05) is 22.3 Å². The van der Waals surface area contributed by atoms with Crippen molar-refractivity contribution in [2.24, 2.45) is 0 Å². The molecule has 0 saturated heterocycles. The molecule has 0 aliphatic heterocycles. The van der Waals surface area contributed by atoms with E-state index in [0.29, 0.717) is 0 Å². The van der Waals surface area contributed by atoms with Gasteiger partial charge < -0.3 is 9.47 Å². The van der Waals surface area contributed by atoms with Gasteiger partial charge in [-0.2, -0.15) is 21.0 Å². The molecule has 41 heavy (non-hydrogen) atoms. The predicted molar refractivity (Wildman–Crippen MR) is 125 cm³/mol. The molecule has 2 aliphatic rings. The fourth-order valence-corrected chi connectivity index (χ4v) is 4.96. The number of hydrogen-bond acceptors (Lipinski definition) is 6. The first-order valence-electron chi connectivity index (χ1n) is 11.1. The van der Waals surface area contributed by atoms with E-state index in [-0.39, 0.29) is 55.7 Å². The number of allylic oxidation sites excluding steroid dienone is 2. The summed E-state index contributed by atoms with van der Waals surface area (Å²) in [7, 11) is 0. The minimum absolute atomic E-state index is 0.00428. The number of fused-ring (bicyclic) bond motifs is 6. The van der Waals surface area contributed by atoms with Gasteiger partial charge in [-0.05, 0) is 75.8 Å². The minimum atomic E-state index is -5.08. The summed E-state index contributed by atoms with van der Waals surface area (Å²) in [6.45, 7) is 0. The monoisotopic (exact) mass is 564 g/mol. The molecular formula is C28H7F7N4O2. The highest BCUT2D eigenvalue weighted by molar-refractivity contribution is 6.11. The third-order valence-electron chi connectivity index (χ3n) is 6.28. The van der Waals surface area contributed by atoms with Crippen molar-refractivity contribution in [1.82, 2.24) is 0 Å².